The number of ether oxygens (including phenoxy) is 1. The van der Waals surface area contributed by atoms with Gasteiger partial charge in [-0.15, -0.1) is 5.10 Å². The molecule has 0 aliphatic carbocycles. The number of hydrogen-bond acceptors (Lipinski definition) is 5. The van der Waals surface area contributed by atoms with E-state index in [0.29, 0.717) is 25.4 Å². The summed E-state index contributed by atoms with van der Waals surface area (Å²) in [5, 5.41) is 11.8. The Balaban J connectivity index is 1.49. The summed E-state index contributed by atoms with van der Waals surface area (Å²) >= 11 is 0. The van der Waals surface area contributed by atoms with Gasteiger partial charge in [-0.25, -0.2) is 9.07 Å². The molecule has 2 aliphatic rings. The van der Waals surface area contributed by atoms with E-state index in [4.69, 9.17) is 4.74 Å². The second-order valence-corrected chi connectivity index (χ2v) is 7.11. The standard InChI is InChI=1S/C19H24FN5O2/c1-13-18(22-23-25(13)16-6-8-21-9-7-16)19(26)24-10-11-27-17(12-24)14-2-4-15(20)5-3-14/h2-5,16-17,21H,6-12H2,1H3. The summed E-state index contributed by atoms with van der Waals surface area (Å²) in [6.07, 6.45) is 1.72. The first kappa shape index (κ1) is 18.1. The molecule has 1 atom stereocenters. The fraction of sp³-hybridized carbons (Fsp3) is 0.526. The monoisotopic (exact) mass is 373 g/mol. The molecular weight excluding hydrogens is 349 g/mol. The Hall–Kier alpha value is -2.32. The Morgan fingerprint density at radius 2 is 2.00 bits per heavy atom. The summed E-state index contributed by atoms with van der Waals surface area (Å²) in [7, 11) is 0. The molecule has 2 saturated heterocycles. The molecule has 0 bridgehead atoms. The zero-order chi connectivity index (χ0) is 18.8. The quantitative estimate of drug-likeness (QED) is 0.889. The molecule has 1 aromatic carbocycles. The Kier molecular flexibility index (Phi) is 5.18. The molecule has 27 heavy (non-hydrogen) atoms. The minimum Gasteiger partial charge on any atom is -0.370 e. The highest BCUT2D eigenvalue weighted by Gasteiger charge is 2.30. The van der Waals surface area contributed by atoms with Gasteiger partial charge >= 0.3 is 0 Å². The van der Waals surface area contributed by atoms with Gasteiger partial charge in [-0.1, -0.05) is 17.3 Å². The van der Waals surface area contributed by atoms with Gasteiger partial charge in [-0.05, 0) is 50.6 Å². The van der Waals surface area contributed by atoms with E-state index in [2.05, 4.69) is 15.6 Å². The summed E-state index contributed by atoms with van der Waals surface area (Å²) in [5.41, 5.74) is 2.09. The van der Waals surface area contributed by atoms with Crippen LogP contribution in [0.2, 0.25) is 0 Å². The van der Waals surface area contributed by atoms with E-state index in [1.54, 1.807) is 17.0 Å². The van der Waals surface area contributed by atoms with Crippen LogP contribution in [-0.2, 0) is 4.74 Å². The summed E-state index contributed by atoms with van der Waals surface area (Å²) in [4.78, 5) is 14.8. The largest absolute Gasteiger partial charge is 0.370 e. The number of carbonyl (C=O) groups excluding carboxylic acids is 1. The summed E-state index contributed by atoms with van der Waals surface area (Å²) in [6, 6.07) is 6.51. The number of nitrogens with zero attached hydrogens (tertiary/aromatic N) is 4. The minimum absolute atomic E-state index is 0.122. The van der Waals surface area contributed by atoms with Gasteiger partial charge in [0, 0.05) is 6.54 Å². The van der Waals surface area contributed by atoms with E-state index in [0.717, 1.165) is 37.2 Å². The molecule has 4 rings (SSSR count). The van der Waals surface area contributed by atoms with E-state index in [9.17, 15) is 9.18 Å². The number of nitrogens with one attached hydrogen (secondary N) is 1. The number of rotatable bonds is 3. The van der Waals surface area contributed by atoms with Crippen LogP contribution in [0, 0.1) is 12.7 Å². The highest BCUT2D eigenvalue weighted by atomic mass is 19.1. The van der Waals surface area contributed by atoms with Crippen LogP contribution in [-0.4, -0.2) is 58.6 Å². The molecule has 2 aliphatic heterocycles. The molecule has 0 saturated carbocycles. The Bertz CT molecular complexity index is 801. The predicted octanol–water partition coefficient (Wildman–Crippen LogP) is 1.86. The lowest BCUT2D eigenvalue weighted by atomic mass is 10.1. The van der Waals surface area contributed by atoms with Crippen molar-refractivity contribution in [1.82, 2.24) is 25.2 Å². The lowest BCUT2D eigenvalue weighted by Gasteiger charge is -2.33. The zero-order valence-electron chi connectivity index (χ0n) is 15.4. The third-order valence-corrected chi connectivity index (χ3v) is 5.38. The van der Waals surface area contributed by atoms with Gasteiger partial charge in [-0.3, -0.25) is 4.79 Å². The molecule has 0 spiro atoms. The van der Waals surface area contributed by atoms with Crippen molar-refractivity contribution < 1.29 is 13.9 Å². The van der Waals surface area contributed by atoms with Crippen LogP contribution in [0.15, 0.2) is 24.3 Å². The van der Waals surface area contributed by atoms with Crippen molar-refractivity contribution in [1.29, 1.82) is 0 Å². The normalized spacial score (nSPS) is 21.4. The second-order valence-electron chi connectivity index (χ2n) is 7.11. The zero-order valence-corrected chi connectivity index (χ0v) is 15.4. The van der Waals surface area contributed by atoms with Crippen molar-refractivity contribution >= 4 is 5.91 Å². The molecule has 0 radical (unpaired) electrons. The average Bonchev–Trinajstić information content (AvgIpc) is 3.10. The number of aromatic nitrogens is 3. The molecular formula is C19H24FN5O2. The fourth-order valence-electron chi connectivity index (χ4n) is 3.80. The lowest BCUT2D eigenvalue weighted by Crippen LogP contribution is -2.42. The topological polar surface area (TPSA) is 72.3 Å². The van der Waals surface area contributed by atoms with Gasteiger partial charge in [0.15, 0.2) is 5.69 Å². The highest BCUT2D eigenvalue weighted by molar-refractivity contribution is 5.93. The second kappa shape index (κ2) is 7.74. The first-order valence-electron chi connectivity index (χ1n) is 9.42. The molecule has 1 amide bonds. The van der Waals surface area contributed by atoms with Crippen LogP contribution in [0.3, 0.4) is 0 Å². The Morgan fingerprint density at radius 1 is 1.26 bits per heavy atom. The van der Waals surface area contributed by atoms with Crippen molar-refractivity contribution in [2.75, 3.05) is 32.8 Å². The fourth-order valence-corrected chi connectivity index (χ4v) is 3.80. The number of benzene rings is 1. The number of morpholine rings is 1. The number of amides is 1. The maximum atomic E-state index is 13.2. The predicted molar refractivity (Wildman–Crippen MR) is 96.9 cm³/mol. The van der Waals surface area contributed by atoms with Crippen LogP contribution in [0.4, 0.5) is 4.39 Å². The van der Waals surface area contributed by atoms with Crippen LogP contribution >= 0.6 is 0 Å². The van der Waals surface area contributed by atoms with Crippen LogP contribution in [0.5, 0.6) is 0 Å². The smallest absolute Gasteiger partial charge is 0.276 e. The molecule has 8 heteroatoms. The lowest BCUT2D eigenvalue weighted by molar-refractivity contribution is -0.0230. The van der Waals surface area contributed by atoms with E-state index in [-0.39, 0.29) is 23.9 Å². The van der Waals surface area contributed by atoms with E-state index in [1.807, 2.05) is 11.6 Å². The highest BCUT2D eigenvalue weighted by Crippen LogP contribution is 2.25. The van der Waals surface area contributed by atoms with E-state index < -0.39 is 0 Å². The van der Waals surface area contributed by atoms with Crippen molar-refractivity contribution in [3.63, 3.8) is 0 Å². The first-order chi connectivity index (χ1) is 13.1. The van der Waals surface area contributed by atoms with Gasteiger partial charge in [0.25, 0.3) is 5.91 Å². The molecule has 1 aromatic heterocycles. The summed E-state index contributed by atoms with van der Waals surface area (Å²) in [5.74, 6) is -0.407. The molecule has 1 unspecified atom stereocenters. The van der Waals surface area contributed by atoms with Gasteiger partial charge < -0.3 is 15.0 Å². The maximum absolute atomic E-state index is 13.2. The SMILES string of the molecule is Cc1c(C(=O)N2CCOC(c3ccc(F)cc3)C2)nnn1C1CCNCC1. The number of piperidine rings is 1. The van der Waals surface area contributed by atoms with Crippen molar-refractivity contribution in [3.8, 4) is 0 Å². The molecule has 1 N–H and O–H groups in total. The first-order valence-corrected chi connectivity index (χ1v) is 9.42. The van der Waals surface area contributed by atoms with Crippen molar-refractivity contribution in [3.05, 3.63) is 47.0 Å². The third-order valence-electron chi connectivity index (χ3n) is 5.38. The Labute approximate surface area is 157 Å². The summed E-state index contributed by atoms with van der Waals surface area (Å²) in [6.45, 7) is 5.19. The van der Waals surface area contributed by atoms with Crippen molar-refractivity contribution in [2.45, 2.75) is 31.9 Å². The number of carbonyl (C=O) groups is 1. The van der Waals surface area contributed by atoms with Crippen molar-refractivity contribution in [2.24, 2.45) is 0 Å². The maximum Gasteiger partial charge on any atom is 0.276 e. The Morgan fingerprint density at radius 3 is 2.74 bits per heavy atom. The summed E-state index contributed by atoms with van der Waals surface area (Å²) < 4.78 is 20.8. The number of halogens is 1. The van der Waals surface area contributed by atoms with E-state index in [1.165, 1.54) is 12.1 Å². The van der Waals surface area contributed by atoms with Crippen LogP contribution in [0.1, 0.15) is 46.7 Å². The molecule has 144 valence electrons. The molecule has 7 nitrogen and oxygen atoms in total. The van der Waals surface area contributed by atoms with Crippen LogP contribution in [0.25, 0.3) is 0 Å². The van der Waals surface area contributed by atoms with Gasteiger partial charge in [0.05, 0.1) is 24.9 Å². The van der Waals surface area contributed by atoms with E-state index >= 15 is 0 Å². The third kappa shape index (κ3) is 3.72. The van der Waals surface area contributed by atoms with Gasteiger partial charge in [-0.2, -0.15) is 0 Å². The average molecular weight is 373 g/mol. The van der Waals surface area contributed by atoms with Crippen LogP contribution < -0.4 is 5.32 Å². The minimum atomic E-state index is -0.285. The molecule has 3 heterocycles. The van der Waals surface area contributed by atoms with Gasteiger partial charge in [0.2, 0.25) is 0 Å². The molecule has 2 fully saturated rings. The molecule has 2 aromatic rings. The van der Waals surface area contributed by atoms with Gasteiger partial charge in [0.1, 0.15) is 11.9 Å². The number of hydrogen-bond donors (Lipinski definition) is 1.